The van der Waals surface area contributed by atoms with E-state index in [0.717, 1.165) is 10.2 Å². The number of anilines is 1. The van der Waals surface area contributed by atoms with Gasteiger partial charge >= 0.3 is 0 Å². The lowest BCUT2D eigenvalue weighted by Crippen LogP contribution is -2.47. The van der Waals surface area contributed by atoms with Crippen LogP contribution in [0, 0.1) is 5.92 Å². The van der Waals surface area contributed by atoms with Gasteiger partial charge in [0.1, 0.15) is 19.3 Å². The van der Waals surface area contributed by atoms with Crippen LogP contribution < -0.4 is 20.1 Å². The molecule has 7 nitrogen and oxygen atoms in total. The minimum absolute atomic E-state index is 0.111. The molecule has 2 amide bonds. The van der Waals surface area contributed by atoms with Crippen LogP contribution in [0.25, 0.3) is 10.2 Å². The van der Waals surface area contributed by atoms with Crippen molar-refractivity contribution < 1.29 is 19.1 Å². The Balaban J connectivity index is 1.51. The van der Waals surface area contributed by atoms with Gasteiger partial charge in [-0.2, -0.15) is 0 Å². The van der Waals surface area contributed by atoms with Gasteiger partial charge in [0, 0.05) is 16.6 Å². The molecule has 1 aliphatic rings. The average molecular weight is 490 g/mol. The highest BCUT2D eigenvalue weighted by atomic mass is 79.9. The average Bonchev–Trinajstić information content (AvgIpc) is 3.10. The molecular weight excluding hydrogens is 470 g/mol. The van der Waals surface area contributed by atoms with Gasteiger partial charge < -0.3 is 20.1 Å². The summed E-state index contributed by atoms with van der Waals surface area (Å²) in [7, 11) is 0. The van der Waals surface area contributed by atoms with Crippen molar-refractivity contribution in [3.63, 3.8) is 0 Å². The molecule has 156 valence electrons. The number of aromatic nitrogens is 1. The third-order valence-electron chi connectivity index (χ3n) is 4.64. The maximum atomic E-state index is 12.9. The number of benzene rings is 2. The summed E-state index contributed by atoms with van der Waals surface area (Å²) in [5.41, 5.74) is 1.19. The van der Waals surface area contributed by atoms with Gasteiger partial charge in [-0.25, -0.2) is 4.98 Å². The number of carbonyl (C=O) groups is 2. The summed E-state index contributed by atoms with van der Waals surface area (Å²) in [4.78, 5) is 30.1. The molecule has 3 aromatic rings. The first kappa shape index (κ1) is 20.6. The number of fused-ring (bicyclic) bond motifs is 2. The Bertz CT molecular complexity index is 1070. The molecule has 1 aliphatic heterocycles. The lowest BCUT2D eigenvalue weighted by Gasteiger charge is -2.21. The van der Waals surface area contributed by atoms with Gasteiger partial charge in [-0.3, -0.25) is 9.59 Å². The van der Waals surface area contributed by atoms with E-state index in [1.165, 1.54) is 11.3 Å². The highest BCUT2D eigenvalue weighted by Gasteiger charge is 2.26. The quantitative estimate of drug-likeness (QED) is 0.559. The topological polar surface area (TPSA) is 89.6 Å². The number of amides is 2. The first-order chi connectivity index (χ1) is 14.4. The molecule has 2 N–H and O–H groups in total. The third kappa shape index (κ3) is 4.27. The van der Waals surface area contributed by atoms with Crippen molar-refractivity contribution in [2.24, 2.45) is 5.92 Å². The standard InChI is InChI=1S/C21H20BrN3O4S/c1-11(2)18(24-19(26)12-5-3-4-6-13(12)22)20(27)25-21-23-14-9-15-16(10-17(14)30-21)29-8-7-28-15/h3-6,9-11,18H,7-8H2,1-2H3,(H,24,26)(H,23,25,27). The SMILES string of the molecule is CC(C)C(NC(=O)c1ccccc1Br)C(=O)Nc1nc2cc3c(cc2s1)OCCO3. The minimum atomic E-state index is -0.712. The van der Waals surface area contributed by atoms with Crippen molar-refractivity contribution in [1.82, 2.24) is 10.3 Å². The third-order valence-corrected chi connectivity index (χ3v) is 6.26. The number of nitrogens with zero attached hydrogens (tertiary/aromatic N) is 1. The number of hydrogen-bond acceptors (Lipinski definition) is 6. The molecule has 1 unspecified atom stereocenters. The summed E-state index contributed by atoms with van der Waals surface area (Å²) < 4.78 is 12.7. The molecule has 0 fully saturated rings. The van der Waals surface area contributed by atoms with E-state index in [1.807, 2.05) is 32.0 Å². The lowest BCUT2D eigenvalue weighted by atomic mass is 10.0. The minimum Gasteiger partial charge on any atom is -0.486 e. The van der Waals surface area contributed by atoms with E-state index in [9.17, 15) is 9.59 Å². The van der Waals surface area contributed by atoms with Crippen LogP contribution >= 0.6 is 27.3 Å². The summed E-state index contributed by atoms with van der Waals surface area (Å²) in [6.45, 7) is 4.77. The Morgan fingerprint density at radius 1 is 1.13 bits per heavy atom. The largest absolute Gasteiger partial charge is 0.486 e. The van der Waals surface area contributed by atoms with E-state index in [4.69, 9.17) is 9.47 Å². The molecule has 0 aliphatic carbocycles. The highest BCUT2D eigenvalue weighted by Crippen LogP contribution is 2.37. The normalized spacial score (nSPS) is 13.9. The number of hydrogen-bond donors (Lipinski definition) is 2. The van der Waals surface area contributed by atoms with Gasteiger partial charge in [-0.1, -0.05) is 37.3 Å². The molecule has 30 heavy (non-hydrogen) atoms. The summed E-state index contributed by atoms with van der Waals surface area (Å²) in [5, 5.41) is 6.12. The highest BCUT2D eigenvalue weighted by molar-refractivity contribution is 9.10. The van der Waals surface area contributed by atoms with Crippen molar-refractivity contribution in [3.8, 4) is 11.5 Å². The fourth-order valence-corrected chi connectivity index (χ4v) is 4.44. The molecule has 2 heterocycles. The smallest absolute Gasteiger partial charge is 0.253 e. The summed E-state index contributed by atoms with van der Waals surface area (Å²) in [6, 6.07) is 10.1. The van der Waals surface area contributed by atoms with Crippen LogP contribution in [0.15, 0.2) is 40.9 Å². The molecule has 1 aromatic heterocycles. The lowest BCUT2D eigenvalue weighted by molar-refractivity contribution is -0.118. The van der Waals surface area contributed by atoms with Gasteiger partial charge in [0.25, 0.3) is 5.91 Å². The molecule has 0 bridgehead atoms. The number of thiazole rings is 1. The van der Waals surface area contributed by atoms with Crippen molar-refractivity contribution in [2.45, 2.75) is 19.9 Å². The maximum absolute atomic E-state index is 12.9. The zero-order valence-electron chi connectivity index (χ0n) is 16.4. The van der Waals surface area contributed by atoms with E-state index in [-0.39, 0.29) is 17.7 Å². The van der Waals surface area contributed by atoms with Gasteiger partial charge in [-0.05, 0) is 34.0 Å². The Hall–Kier alpha value is -2.65. The van der Waals surface area contributed by atoms with Gasteiger partial charge in [-0.15, -0.1) is 0 Å². The summed E-state index contributed by atoms with van der Waals surface area (Å²) in [5.74, 6) is 0.581. The van der Waals surface area contributed by atoms with E-state index < -0.39 is 6.04 Å². The molecule has 2 aromatic carbocycles. The molecular formula is C21H20BrN3O4S. The Kier molecular flexibility index (Phi) is 5.92. The van der Waals surface area contributed by atoms with Crippen LogP contribution in [0.2, 0.25) is 0 Å². The van der Waals surface area contributed by atoms with E-state index in [0.29, 0.717) is 39.9 Å². The van der Waals surface area contributed by atoms with Crippen molar-refractivity contribution >= 4 is 54.4 Å². The zero-order valence-corrected chi connectivity index (χ0v) is 18.8. The first-order valence-corrected chi connectivity index (χ1v) is 11.1. The first-order valence-electron chi connectivity index (χ1n) is 9.49. The van der Waals surface area contributed by atoms with Gasteiger partial charge in [0.15, 0.2) is 16.6 Å². The van der Waals surface area contributed by atoms with E-state index >= 15 is 0 Å². The van der Waals surface area contributed by atoms with Gasteiger partial charge in [0.2, 0.25) is 5.91 Å². The van der Waals surface area contributed by atoms with Crippen LogP contribution in [0.3, 0.4) is 0 Å². The molecule has 0 spiro atoms. The zero-order chi connectivity index (χ0) is 21.3. The number of rotatable bonds is 5. The monoisotopic (exact) mass is 489 g/mol. The van der Waals surface area contributed by atoms with Gasteiger partial charge in [0.05, 0.1) is 15.8 Å². The number of ether oxygens (including phenoxy) is 2. The second-order valence-electron chi connectivity index (χ2n) is 7.15. The van der Waals surface area contributed by atoms with Crippen molar-refractivity contribution in [3.05, 3.63) is 46.4 Å². The van der Waals surface area contributed by atoms with Crippen LogP contribution in [-0.2, 0) is 4.79 Å². The van der Waals surface area contributed by atoms with Crippen LogP contribution in [0.5, 0.6) is 11.5 Å². The predicted octanol–water partition coefficient (Wildman–Crippen LogP) is 4.22. The maximum Gasteiger partial charge on any atom is 0.253 e. The summed E-state index contributed by atoms with van der Waals surface area (Å²) >= 11 is 4.72. The Morgan fingerprint density at radius 3 is 2.53 bits per heavy atom. The van der Waals surface area contributed by atoms with E-state index in [2.05, 4.69) is 31.5 Å². The van der Waals surface area contributed by atoms with E-state index in [1.54, 1.807) is 18.2 Å². The summed E-state index contributed by atoms with van der Waals surface area (Å²) in [6.07, 6.45) is 0. The van der Waals surface area contributed by atoms with Crippen LogP contribution in [-0.4, -0.2) is 36.1 Å². The molecule has 0 saturated carbocycles. The number of nitrogens with one attached hydrogen (secondary N) is 2. The fourth-order valence-electron chi connectivity index (χ4n) is 3.10. The predicted molar refractivity (Wildman–Crippen MR) is 119 cm³/mol. The second-order valence-corrected chi connectivity index (χ2v) is 9.03. The van der Waals surface area contributed by atoms with Crippen molar-refractivity contribution in [1.29, 1.82) is 0 Å². The molecule has 0 saturated heterocycles. The molecule has 0 radical (unpaired) electrons. The molecule has 4 rings (SSSR count). The Morgan fingerprint density at radius 2 is 1.83 bits per heavy atom. The second kappa shape index (κ2) is 8.61. The fraction of sp³-hybridized carbons (Fsp3) is 0.286. The Labute approximate surface area is 185 Å². The number of halogens is 1. The molecule has 9 heteroatoms. The van der Waals surface area contributed by atoms with Crippen LogP contribution in [0.4, 0.5) is 5.13 Å². The number of carbonyl (C=O) groups excluding carboxylic acids is 2. The molecule has 1 atom stereocenters. The van der Waals surface area contributed by atoms with Crippen LogP contribution in [0.1, 0.15) is 24.2 Å². The van der Waals surface area contributed by atoms with Crippen molar-refractivity contribution in [2.75, 3.05) is 18.5 Å².